The lowest BCUT2D eigenvalue weighted by molar-refractivity contribution is 0.477. The van der Waals surface area contributed by atoms with Crippen LogP contribution in [0.1, 0.15) is 25.3 Å². The fraction of sp³-hybridized carbons (Fsp3) is 0.143. The first-order valence-electron chi connectivity index (χ1n) is 7.87. The molecule has 0 radical (unpaired) electrons. The molecule has 0 spiro atoms. The highest BCUT2D eigenvalue weighted by Gasteiger charge is 2.15. The zero-order chi connectivity index (χ0) is 16.1. The molecule has 0 saturated heterocycles. The van der Waals surface area contributed by atoms with Crippen LogP contribution in [0, 0.1) is 0 Å². The van der Waals surface area contributed by atoms with E-state index < -0.39 is 0 Å². The highest BCUT2D eigenvalue weighted by molar-refractivity contribution is 6.21. The monoisotopic (exact) mass is 302 g/mol. The molecule has 4 aromatic rings. The molecular weight excluding hydrogens is 284 g/mol. The lowest BCUT2D eigenvalue weighted by Gasteiger charge is -2.15. The van der Waals surface area contributed by atoms with Gasteiger partial charge in [-0.25, -0.2) is 0 Å². The molecule has 0 aliphatic carbocycles. The molecule has 2 nitrogen and oxygen atoms in total. The van der Waals surface area contributed by atoms with E-state index in [1.165, 1.54) is 5.56 Å². The van der Waals surface area contributed by atoms with E-state index in [0.717, 1.165) is 32.3 Å². The number of fused-ring (bicyclic) bond motifs is 5. The molecule has 0 unspecified atom stereocenters. The number of phenolic OH excluding ortho intramolecular Hbond substituents is 2. The summed E-state index contributed by atoms with van der Waals surface area (Å²) >= 11 is 0. The minimum absolute atomic E-state index is 0.209. The second kappa shape index (κ2) is 4.88. The lowest BCUT2D eigenvalue weighted by Crippen LogP contribution is -1.91. The first-order valence-corrected chi connectivity index (χ1v) is 7.87. The Bertz CT molecular complexity index is 1060. The summed E-state index contributed by atoms with van der Waals surface area (Å²) in [6, 6.07) is 17.6. The van der Waals surface area contributed by atoms with Gasteiger partial charge in [0.15, 0.2) is 0 Å². The van der Waals surface area contributed by atoms with Gasteiger partial charge in [0, 0.05) is 10.8 Å². The van der Waals surface area contributed by atoms with Gasteiger partial charge in [-0.2, -0.15) is 0 Å². The molecule has 0 bridgehead atoms. The third-order valence-electron chi connectivity index (χ3n) is 4.61. The Labute approximate surface area is 134 Å². The van der Waals surface area contributed by atoms with Gasteiger partial charge in [0.25, 0.3) is 0 Å². The van der Waals surface area contributed by atoms with Crippen LogP contribution in [-0.2, 0) is 0 Å². The Morgan fingerprint density at radius 2 is 1.39 bits per heavy atom. The molecule has 4 aromatic carbocycles. The van der Waals surface area contributed by atoms with Crippen LogP contribution in [0.3, 0.4) is 0 Å². The Hall–Kier alpha value is -2.74. The van der Waals surface area contributed by atoms with Gasteiger partial charge in [-0.05, 0) is 45.2 Å². The molecule has 0 atom stereocenters. The largest absolute Gasteiger partial charge is 0.507 e. The molecule has 2 heteroatoms. The minimum Gasteiger partial charge on any atom is -0.507 e. The van der Waals surface area contributed by atoms with Crippen LogP contribution in [0.2, 0.25) is 0 Å². The van der Waals surface area contributed by atoms with E-state index in [4.69, 9.17) is 0 Å². The van der Waals surface area contributed by atoms with Gasteiger partial charge in [-0.15, -0.1) is 0 Å². The van der Waals surface area contributed by atoms with E-state index in [2.05, 4.69) is 19.9 Å². The predicted molar refractivity (Wildman–Crippen MR) is 96.4 cm³/mol. The van der Waals surface area contributed by atoms with Crippen LogP contribution in [0.25, 0.3) is 32.3 Å². The van der Waals surface area contributed by atoms with Crippen LogP contribution < -0.4 is 0 Å². The summed E-state index contributed by atoms with van der Waals surface area (Å²) in [6.07, 6.45) is 0. The zero-order valence-corrected chi connectivity index (χ0v) is 13.2. The average Bonchev–Trinajstić information content (AvgIpc) is 2.54. The van der Waals surface area contributed by atoms with Crippen molar-refractivity contribution in [3.63, 3.8) is 0 Å². The number of rotatable bonds is 1. The summed E-state index contributed by atoms with van der Waals surface area (Å²) in [5.41, 5.74) is 1.17. The Morgan fingerprint density at radius 1 is 0.696 bits per heavy atom. The molecule has 4 rings (SSSR count). The van der Waals surface area contributed by atoms with Crippen molar-refractivity contribution in [2.45, 2.75) is 19.8 Å². The Morgan fingerprint density at radius 3 is 2.17 bits per heavy atom. The molecule has 0 aliphatic rings. The van der Waals surface area contributed by atoms with Crippen molar-refractivity contribution in [3.8, 4) is 11.5 Å². The van der Waals surface area contributed by atoms with E-state index in [-0.39, 0.29) is 11.5 Å². The molecule has 0 aliphatic heterocycles. The van der Waals surface area contributed by atoms with Crippen molar-refractivity contribution in [1.29, 1.82) is 0 Å². The molecule has 0 saturated carbocycles. The third-order valence-corrected chi connectivity index (χ3v) is 4.61. The quantitative estimate of drug-likeness (QED) is 0.444. The SMILES string of the molecule is CC(C)c1ccc(O)c2c1ccc1c3ccccc3cc(O)c12. The normalized spacial score (nSPS) is 11.8. The average molecular weight is 302 g/mol. The first-order chi connectivity index (χ1) is 11.1. The maximum absolute atomic E-state index is 10.6. The first kappa shape index (κ1) is 13.9. The van der Waals surface area contributed by atoms with Gasteiger partial charge in [0.2, 0.25) is 0 Å². The van der Waals surface area contributed by atoms with Gasteiger partial charge in [0.05, 0.1) is 0 Å². The summed E-state index contributed by atoms with van der Waals surface area (Å²) in [5, 5.41) is 26.6. The number of benzene rings is 4. The maximum Gasteiger partial charge on any atom is 0.124 e. The molecule has 0 aromatic heterocycles. The molecular formula is C21H18O2. The topological polar surface area (TPSA) is 40.5 Å². The summed E-state index contributed by atoms with van der Waals surface area (Å²) in [6.45, 7) is 4.27. The summed E-state index contributed by atoms with van der Waals surface area (Å²) in [5.74, 6) is 0.763. The van der Waals surface area contributed by atoms with Gasteiger partial charge < -0.3 is 10.2 Å². The number of aromatic hydroxyl groups is 2. The molecule has 0 heterocycles. The summed E-state index contributed by atoms with van der Waals surface area (Å²) in [7, 11) is 0. The standard InChI is InChI=1S/C21H18O2/c1-12(2)14-9-10-18(22)20-16(14)7-8-17-15-6-4-3-5-13(15)11-19(23)21(17)20/h3-12,22-23H,1-2H3. The molecule has 23 heavy (non-hydrogen) atoms. The van der Waals surface area contributed by atoms with Crippen LogP contribution in [0.5, 0.6) is 11.5 Å². The smallest absolute Gasteiger partial charge is 0.124 e. The van der Waals surface area contributed by atoms with Crippen LogP contribution in [0.4, 0.5) is 0 Å². The van der Waals surface area contributed by atoms with E-state index in [0.29, 0.717) is 5.92 Å². The van der Waals surface area contributed by atoms with Crippen molar-refractivity contribution in [2.75, 3.05) is 0 Å². The number of phenols is 2. The fourth-order valence-electron chi connectivity index (χ4n) is 3.53. The van der Waals surface area contributed by atoms with Gasteiger partial charge >= 0.3 is 0 Å². The minimum atomic E-state index is 0.209. The molecule has 2 N–H and O–H groups in total. The van der Waals surface area contributed by atoms with Gasteiger partial charge in [0.1, 0.15) is 11.5 Å². The van der Waals surface area contributed by atoms with E-state index in [9.17, 15) is 10.2 Å². The fourth-order valence-corrected chi connectivity index (χ4v) is 3.53. The Balaban J connectivity index is 2.30. The molecule has 0 amide bonds. The predicted octanol–water partition coefficient (Wildman–Crippen LogP) is 5.68. The second-order valence-electron chi connectivity index (χ2n) is 6.36. The maximum atomic E-state index is 10.6. The van der Waals surface area contributed by atoms with Crippen LogP contribution in [-0.4, -0.2) is 10.2 Å². The highest BCUT2D eigenvalue weighted by atomic mass is 16.3. The van der Waals surface area contributed by atoms with E-state index in [1.807, 2.05) is 36.4 Å². The summed E-state index contributed by atoms with van der Waals surface area (Å²) in [4.78, 5) is 0. The Kier molecular flexibility index (Phi) is 2.95. The summed E-state index contributed by atoms with van der Waals surface area (Å²) < 4.78 is 0. The van der Waals surface area contributed by atoms with Crippen molar-refractivity contribution >= 4 is 32.3 Å². The van der Waals surface area contributed by atoms with Crippen molar-refractivity contribution in [1.82, 2.24) is 0 Å². The van der Waals surface area contributed by atoms with Crippen molar-refractivity contribution in [2.24, 2.45) is 0 Å². The van der Waals surface area contributed by atoms with Crippen molar-refractivity contribution < 1.29 is 10.2 Å². The molecule has 0 fully saturated rings. The van der Waals surface area contributed by atoms with Gasteiger partial charge in [-0.1, -0.05) is 56.3 Å². The molecule has 114 valence electrons. The van der Waals surface area contributed by atoms with Crippen LogP contribution >= 0.6 is 0 Å². The van der Waals surface area contributed by atoms with E-state index in [1.54, 1.807) is 12.1 Å². The number of hydrogen-bond donors (Lipinski definition) is 2. The van der Waals surface area contributed by atoms with Crippen molar-refractivity contribution in [3.05, 3.63) is 60.2 Å². The van der Waals surface area contributed by atoms with Gasteiger partial charge in [-0.3, -0.25) is 0 Å². The zero-order valence-electron chi connectivity index (χ0n) is 13.2. The second-order valence-corrected chi connectivity index (χ2v) is 6.36. The lowest BCUT2D eigenvalue weighted by atomic mass is 9.90. The van der Waals surface area contributed by atoms with E-state index >= 15 is 0 Å². The number of hydrogen-bond acceptors (Lipinski definition) is 2. The highest BCUT2D eigenvalue weighted by Crippen LogP contribution is 2.42. The van der Waals surface area contributed by atoms with Crippen LogP contribution in [0.15, 0.2) is 54.6 Å². The third kappa shape index (κ3) is 1.95.